The number of phenolic OH excluding ortho intramolecular Hbond substituents is 1. The number of rotatable bonds is 4. The van der Waals surface area contributed by atoms with Crippen molar-refractivity contribution in [3.63, 3.8) is 0 Å². The number of nitrogens with zero attached hydrogens (tertiary/aromatic N) is 2. The Bertz CT molecular complexity index is 1380. The molecule has 2 aromatic carbocycles. The van der Waals surface area contributed by atoms with Gasteiger partial charge < -0.3 is 14.3 Å². The van der Waals surface area contributed by atoms with Gasteiger partial charge in [-0.2, -0.15) is 0 Å². The number of ether oxygens (including phenoxy) is 1. The predicted molar refractivity (Wildman–Crippen MR) is 120 cm³/mol. The van der Waals surface area contributed by atoms with Crippen molar-refractivity contribution in [2.45, 2.75) is 13.0 Å². The summed E-state index contributed by atoms with van der Waals surface area (Å²) in [4.78, 5) is 32.7. The maximum Gasteiger partial charge on any atom is 0.297 e. The molecule has 7 nitrogen and oxygen atoms in total. The maximum absolute atomic E-state index is 13.5. The summed E-state index contributed by atoms with van der Waals surface area (Å²) < 4.78 is 12.2. The van der Waals surface area contributed by atoms with Gasteiger partial charge in [-0.3, -0.25) is 14.5 Å². The summed E-state index contributed by atoms with van der Waals surface area (Å²) in [7, 11) is 0. The molecule has 31 heavy (non-hydrogen) atoms. The Morgan fingerprint density at radius 2 is 2.10 bits per heavy atom. The summed E-state index contributed by atoms with van der Waals surface area (Å²) >= 11 is 4.67. The number of carbonyl (C=O) groups excluding carboxylic acids is 1. The predicted octanol–water partition coefficient (Wildman–Crippen LogP) is 4.87. The molecule has 1 aliphatic heterocycles. The summed E-state index contributed by atoms with van der Waals surface area (Å²) in [6.45, 7) is 2.16. The molecule has 1 amide bonds. The molecule has 0 saturated heterocycles. The van der Waals surface area contributed by atoms with Gasteiger partial charge >= 0.3 is 0 Å². The van der Waals surface area contributed by atoms with Crippen molar-refractivity contribution < 1.29 is 19.1 Å². The van der Waals surface area contributed by atoms with Gasteiger partial charge in [0.2, 0.25) is 5.76 Å². The van der Waals surface area contributed by atoms with Crippen LogP contribution >= 0.6 is 27.3 Å². The average molecular weight is 499 g/mol. The van der Waals surface area contributed by atoms with Crippen LogP contribution in [0.2, 0.25) is 0 Å². The molecule has 0 fully saturated rings. The summed E-state index contributed by atoms with van der Waals surface area (Å²) in [6.07, 6.45) is 1.60. The van der Waals surface area contributed by atoms with E-state index in [-0.39, 0.29) is 28.3 Å². The molecule has 156 valence electrons. The van der Waals surface area contributed by atoms with Crippen LogP contribution in [0.15, 0.2) is 61.7 Å². The molecular weight excluding hydrogens is 484 g/mol. The summed E-state index contributed by atoms with van der Waals surface area (Å²) in [6, 6.07) is 9.10. The van der Waals surface area contributed by atoms with Crippen molar-refractivity contribution in [3.05, 3.63) is 79.6 Å². The van der Waals surface area contributed by atoms with Crippen LogP contribution in [0.25, 0.3) is 11.0 Å². The third-order valence-corrected chi connectivity index (χ3v) is 6.32. The highest BCUT2D eigenvalue weighted by molar-refractivity contribution is 9.10. The zero-order chi connectivity index (χ0) is 21.7. The summed E-state index contributed by atoms with van der Waals surface area (Å²) in [5.41, 5.74) is 0.880. The summed E-state index contributed by atoms with van der Waals surface area (Å²) in [5, 5.41) is 12.7. The molecule has 1 unspecified atom stereocenters. The van der Waals surface area contributed by atoms with E-state index in [0.717, 1.165) is 4.47 Å². The van der Waals surface area contributed by atoms with E-state index in [9.17, 15) is 14.7 Å². The lowest BCUT2D eigenvalue weighted by atomic mass is 9.98. The van der Waals surface area contributed by atoms with Gasteiger partial charge in [-0.1, -0.05) is 22.0 Å². The molecule has 0 radical (unpaired) electrons. The number of hydrogen-bond donors (Lipinski definition) is 1. The molecule has 1 atom stereocenters. The first-order valence-electron chi connectivity index (χ1n) is 9.44. The molecule has 1 N–H and O–H groups in total. The molecule has 0 spiro atoms. The Morgan fingerprint density at radius 3 is 2.84 bits per heavy atom. The number of halogens is 1. The highest BCUT2D eigenvalue weighted by Gasteiger charge is 2.45. The summed E-state index contributed by atoms with van der Waals surface area (Å²) in [5.74, 6) is -0.202. The minimum atomic E-state index is -0.770. The minimum absolute atomic E-state index is 0.00828. The van der Waals surface area contributed by atoms with Crippen molar-refractivity contribution in [1.29, 1.82) is 0 Å². The van der Waals surface area contributed by atoms with Crippen molar-refractivity contribution in [2.24, 2.45) is 0 Å². The zero-order valence-electron chi connectivity index (χ0n) is 16.2. The standard InChI is InChI=1S/C22H15BrN2O5S/c1-2-29-16-9-11(3-5-14(16)26)18-17-19(27)13-10-12(23)4-6-15(13)30-20(17)21(28)25(18)22-24-7-8-31-22/h3-10,18,26H,2H2,1H3. The number of carbonyl (C=O) groups is 1. The van der Waals surface area contributed by atoms with E-state index in [0.29, 0.717) is 28.3 Å². The van der Waals surface area contributed by atoms with Gasteiger partial charge in [-0.15, -0.1) is 11.3 Å². The number of aromatic hydroxyl groups is 1. The van der Waals surface area contributed by atoms with Crippen LogP contribution < -0.4 is 15.1 Å². The number of aromatic nitrogens is 1. The Balaban J connectivity index is 1.80. The molecule has 0 saturated carbocycles. The van der Waals surface area contributed by atoms with Gasteiger partial charge in [-0.05, 0) is 42.8 Å². The van der Waals surface area contributed by atoms with Gasteiger partial charge in [0.1, 0.15) is 5.58 Å². The number of thiazole rings is 1. The average Bonchev–Trinajstić information content (AvgIpc) is 3.37. The van der Waals surface area contributed by atoms with Crippen molar-refractivity contribution >= 4 is 49.3 Å². The Labute approximate surface area is 188 Å². The Kier molecular flexibility index (Phi) is 4.79. The Hall–Kier alpha value is -3.17. The second-order valence-electron chi connectivity index (χ2n) is 6.87. The number of benzene rings is 2. The van der Waals surface area contributed by atoms with E-state index < -0.39 is 11.9 Å². The van der Waals surface area contributed by atoms with E-state index in [1.807, 2.05) is 0 Å². The fourth-order valence-corrected chi connectivity index (χ4v) is 4.79. The molecule has 0 bridgehead atoms. The third kappa shape index (κ3) is 3.12. The van der Waals surface area contributed by atoms with Crippen LogP contribution in [0.5, 0.6) is 11.5 Å². The molecule has 4 aromatic rings. The zero-order valence-corrected chi connectivity index (χ0v) is 18.6. The van der Waals surface area contributed by atoms with Crippen LogP contribution in [0.3, 0.4) is 0 Å². The highest BCUT2D eigenvalue weighted by Crippen LogP contribution is 2.43. The van der Waals surface area contributed by atoms with Crippen molar-refractivity contribution in [3.8, 4) is 11.5 Å². The van der Waals surface area contributed by atoms with Crippen molar-refractivity contribution in [2.75, 3.05) is 11.5 Å². The normalized spacial score (nSPS) is 15.5. The minimum Gasteiger partial charge on any atom is -0.504 e. The van der Waals surface area contributed by atoms with Gasteiger partial charge in [-0.25, -0.2) is 4.98 Å². The Morgan fingerprint density at radius 1 is 1.26 bits per heavy atom. The van der Waals surface area contributed by atoms with Crippen molar-refractivity contribution in [1.82, 2.24) is 4.98 Å². The quantitative estimate of drug-likeness (QED) is 0.431. The molecule has 3 heterocycles. The van der Waals surface area contributed by atoms with E-state index >= 15 is 0 Å². The van der Waals surface area contributed by atoms with E-state index in [1.165, 1.54) is 22.3 Å². The lowest BCUT2D eigenvalue weighted by Crippen LogP contribution is -2.29. The van der Waals surface area contributed by atoms with Crippen LogP contribution in [-0.4, -0.2) is 22.6 Å². The van der Waals surface area contributed by atoms with Gasteiger partial charge in [0.25, 0.3) is 5.91 Å². The molecule has 0 aliphatic carbocycles. The fourth-order valence-electron chi connectivity index (χ4n) is 3.76. The molecule has 1 aliphatic rings. The smallest absolute Gasteiger partial charge is 0.297 e. The van der Waals surface area contributed by atoms with Crippen LogP contribution in [0, 0.1) is 0 Å². The van der Waals surface area contributed by atoms with E-state index in [4.69, 9.17) is 9.15 Å². The lowest BCUT2D eigenvalue weighted by Gasteiger charge is -2.23. The van der Waals surface area contributed by atoms with Crippen LogP contribution in [0.4, 0.5) is 5.13 Å². The number of anilines is 1. The SMILES string of the molecule is CCOc1cc(C2c3c(oc4ccc(Br)cc4c3=O)C(=O)N2c2nccs2)ccc1O. The first-order valence-corrected chi connectivity index (χ1v) is 11.1. The molecule has 9 heteroatoms. The third-order valence-electron chi connectivity index (χ3n) is 5.06. The topological polar surface area (TPSA) is 92.9 Å². The van der Waals surface area contributed by atoms with E-state index in [1.54, 1.807) is 48.8 Å². The largest absolute Gasteiger partial charge is 0.504 e. The highest BCUT2D eigenvalue weighted by atomic mass is 79.9. The molecule has 2 aromatic heterocycles. The number of hydrogen-bond acceptors (Lipinski definition) is 7. The molecule has 5 rings (SSSR count). The number of phenols is 1. The lowest BCUT2D eigenvalue weighted by molar-refractivity contribution is 0.0971. The second-order valence-corrected chi connectivity index (χ2v) is 8.66. The first-order chi connectivity index (χ1) is 15.0. The monoisotopic (exact) mass is 498 g/mol. The van der Waals surface area contributed by atoms with E-state index in [2.05, 4.69) is 20.9 Å². The second kappa shape index (κ2) is 7.51. The first kappa shape index (κ1) is 19.8. The van der Waals surface area contributed by atoms with Crippen LogP contribution in [-0.2, 0) is 0 Å². The molecular formula is C22H15BrN2O5S. The van der Waals surface area contributed by atoms with Gasteiger partial charge in [0.15, 0.2) is 22.1 Å². The van der Waals surface area contributed by atoms with Gasteiger partial charge in [0, 0.05) is 16.0 Å². The fraction of sp³-hybridized carbons (Fsp3) is 0.136. The number of fused-ring (bicyclic) bond motifs is 2. The number of amides is 1. The van der Waals surface area contributed by atoms with Gasteiger partial charge in [0.05, 0.1) is 23.6 Å². The van der Waals surface area contributed by atoms with Crippen LogP contribution in [0.1, 0.15) is 34.6 Å². The maximum atomic E-state index is 13.5.